The summed E-state index contributed by atoms with van der Waals surface area (Å²) in [7, 11) is 0. The van der Waals surface area contributed by atoms with Gasteiger partial charge in [0.1, 0.15) is 5.75 Å². The fourth-order valence-corrected chi connectivity index (χ4v) is 1.65. The lowest BCUT2D eigenvalue weighted by Gasteiger charge is -2.09. The number of halogens is 2. The molecule has 0 saturated heterocycles. The molecule has 0 spiro atoms. The molecule has 6 heteroatoms. The minimum absolute atomic E-state index is 0.149. The molecule has 1 aromatic carbocycles. The number of nitrogens with zero attached hydrogens (tertiary/aromatic N) is 2. The van der Waals surface area contributed by atoms with Crippen LogP contribution in [0.5, 0.6) is 11.6 Å². The first kappa shape index (κ1) is 12.0. The summed E-state index contributed by atoms with van der Waals surface area (Å²) in [5, 5.41) is 0.954. The molecule has 0 aliphatic heterocycles. The largest absolute Gasteiger partial charge is 0.437 e. The first-order valence-corrected chi connectivity index (χ1v) is 5.54. The Morgan fingerprint density at radius 1 is 1.29 bits per heavy atom. The highest BCUT2D eigenvalue weighted by Gasteiger charge is 2.08. The molecule has 2 aromatic rings. The highest BCUT2D eigenvalue weighted by atomic mass is 35.5. The third-order valence-electron chi connectivity index (χ3n) is 2.04. The molecule has 0 aliphatic rings. The van der Waals surface area contributed by atoms with E-state index in [1.807, 2.05) is 6.92 Å². The molecular weight excluding hydrogens is 261 g/mol. The van der Waals surface area contributed by atoms with E-state index in [0.717, 1.165) is 5.56 Å². The number of nitrogens with two attached hydrogens (primary N) is 1. The van der Waals surface area contributed by atoms with Gasteiger partial charge in [-0.1, -0.05) is 23.2 Å². The highest BCUT2D eigenvalue weighted by molar-refractivity contribution is 6.35. The van der Waals surface area contributed by atoms with Gasteiger partial charge in [0.25, 0.3) is 0 Å². The molecule has 88 valence electrons. The van der Waals surface area contributed by atoms with E-state index >= 15 is 0 Å². The molecule has 2 rings (SSSR count). The second kappa shape index (κ2) is 4.77. The van der Waals surface area contributed by atoms with Crippen molar-refractivity contribution in [3.8, 4) is 11.6 Å². The molecule has 17 heavy (non-hydrogen) atoms. The summed E-state index contributed by atoms with van der Waals surface area (Å²) in [5.74, 6) is 0.995. The zero-order valence-electron chi connectivity index (χ0n) is 8.95. The molecule has 1 aromatic heterocycles. The SMILES string of the molecule is Cc1cnc(N)nc1Oc1ccc(Cl)cc1Cl. The molecule has 0 aliphatic carbocycles. The lowest BCUT2D eigenvalue weighted by Crippen LogP contribution is -1.99. The summed E-state index contributed by atoms with van der Waals surface area (Å²) in [4.78, 5) is 7.83. The lowest BCUT2D eigenvalue weighted by molar-refractivity contribution is 0.458. The fourth-order valence-electron chi connectivity index (χ4n) is 1.20. The minimum atomic E-state index is 0.149. The van der Waals surface area contributed by atoms with Crippen LogP contribution in [0.1, 0.15) is 5.56 Å². The van der Waals surface area contributed by atoms with E-state index in [9.17, 15) is 0 Å². The van der Waals surface area contributed by atoms with Gasteiger partial charge in [0, 0.05) is 16.8 Å². The molecule has 0 fully saturated rings. The zero-order valence-corrected chi connectivity index (χ0v) is 10.5. The smallest absolute Gasteiger partial charge is 0.227 e. The number of rotatable bonds is 2. The molecule has 0 amide bonds. The maximum absolute atomic E-state index is 5.99. The van der Waals surface area contributed by atoms with Crippen molar-refractivity contribution in [2.75, 3.05) is 5.73 Å². The van der Waals surface area contributed by atoms with Crippen molar-refractivity contribution >= 4 is 29.2 Å². The number of hydrogen-bond donors (Lipinski definition) is 1. The van der Waals surface area contributed by atoms with Gasteiger partial charge < -0.3 is 10.5 Å². The quantitative estimate of drug-likeness (QED) is 0.907. The van der Waals surface area contributed by atoms with Crippen molar-refractivity contribution in [1.82, 2.24) is 9.97 Å². The van der Waals surface area contributed by atoms with Crippen LogP contribution in [-0.2, 0) is 0 Å². The Balaban J connectivity index is 2.34. The lowest BCUT2D eigenvalue weighted by atomic mass is 10.3. The van der Waals surface area contributed by atoms with Crippen LogP contribution in [0.4, 0.5) is 5.95 Å². The van der Waals surface area contributed by atoms with E-state index in [2.05, 4.69) is 9.97 Å². The minimum Gasteiger partial charge on any atom is -0.437 e. The Labute approximate surface area is 108 Å². The Hall–Kier alpha value is -1.52. The molecule has 4 nitrogen and oxygen atoms in total. The van der Waals surface area contributed by atoms with Crippen LogP contribution >= 0.6 is 23.2 Å². The number of aryl methyl sites for hydroxylation is 1. The van der Waals surface area contributed by atoms with Crippen LogP contribution in [0, 0.1) is 6.92 Å². The number of benzene rings is 1. The van der Waals surface area contributed by atoms with Crippen LogP contribution in [0.25, 0.3) is 0 Å². The van der Waals surface area contributed by atoms with Gasteiger partial charge in [-0.05, 0) is 25.1 Å². The van der Waals surface area contributed by atoms with Gasteiger partial charge >= 0.3 is 0 Å². The van der Waals surface area contributed by atoms with Crippen molar-refractivity contribution in [1.29, 1.82) is 0 Å². The summed E-state index contributed by atoms with van der Waals surface area (Å²) in [6, 6.07) is 4.95. The molecule has 0 atom stereocenters. The third-order valence-corrected chi connectivity index (χ3v) is 2.57. The Kier molecular flexibility index (Phi) is 3.36. The molecule has 0 unspecified atom stereocenters. The number of nitrogen functional groups attached to an aromatic ring is 1. The molecule has 0 radical (unpaired) electrons. The number of aromatic nitrogens is 2. The van der Waals surface area contributed by atoms with Crippen LogP contribution in [0.3, 0.4) is 0 Å². The first-order valence-electron chi connectivity index (χ1n) is 4.78. The average Bonchev–Trinajstić information content (AvgIpc) is 2.27. The predicted molar refractivity (Wildman–Crippen MR) is 67.7 cm³/mol. The van der Waals surface area contributed by atoms with E-state index in [1.165, 1.54) is 0 Å². The van der Waals surface area contributed by atoms with Gasteiger partial charge in [0.05, 0.1) is 5.02 Å². The fraction of sp³-hybridized carbons (Fsp3) is 0.0909. The van der Waals surface area contributed by atoms with Crippen LogP contribution < -0.4 is 10.5 Å². The number of hydrogen-bond acceptors (Lipinski definition) is 4. The Morgan fingerprint density at radius 2 is 2.06 bits per heavy atom. The number of anilines is 1. The summed E-state index contributed by atoms with van der Waals surface area (Å²) in [5.41, 5.74) is 6.26. The van der Waals surface area contributed by atoms with E-state index in [1.54, 1.807) is 24.4 Å². The topological polar surface area (TPSA) is 61.0 Å². The first-order chi connectivity index (χ1) is 8.06. The summed E-state index contributed by atoms with van der Waals surface area (Å²) < 4.78 is 5.55. The molecule has 0 bridgehead atoms. The van der Waals surface area contributed by atoms with Gasteiger partial charge in [-0.25, -0.2) is 4.98 Å². The van der Waals surface area contributed by atoms with Crippen LogP contribution in [-0.4, -0.2) is 9.97 Å². The van der Waals surface area contributed by atoms with E-state index in [-0.39, 0.29) is 5.95 Å². The Bertz CT molecular complexity index is 560. The summed E-state index contributed by atoms with van der Waals surface area (Å²) in [6.45, 7) is 1.82. The number of ether oxygens (including phenoxy) is 1. The Morgan fingerprint density at radius 3 is 2.76 bits per heavy atom. The molecule has 0 saturated carbocycles. The van der Waals surface area contributed by atoms with Crippen molar-refractivity contribution < 1.29 is 4.74 Å². The average molecular weight is 270 g/mol. The van der Waals surface area contributed by atoms with Crippen LogP contribution in [0.2, 0.25) is 10.0 Å². The van der Waals surface area contributed by atoms with Crippen molar-refractivity contribution in [3.05, 3.63) is 40.0 Å². The standard InChI is InChI=1S/C11H9Cl2N3O/c1-6-5-15-11(14)16-10(6)17-9-3-2-7(12)4-8(9)13/h2-5H,1H3,(H2,14,15,16). The monoisotopic (exact) mass is 269 g/mol. The van der Waals surface area contributed by atoms with Gasteiger partial charge in [0.15, 0.2) is 0 Å². The maximum atomic E-state index is 5.99. The van der Waals surface area contributed by atoms with Gasteiger partial charge in [-0.15, -0.1) is 0 Å². The van der Waals surface area contributed by atoms with E-state index in [4.69, 9.17) is 33.7 Å². The maximum Gasteiger partial charge on any atom is 0.227 e. The van der Waals surface area contributed by atoms with Crippen LogP contribution in [0.15, 0.2) is 24.4 Å². The third kappa shape index (κ3) is 2.78. The predicted octanol–water partition coefficient (Wildman–Crippen LogP) is 3.47. The zero-order chi connectivity index (χ0) is 12.4. The summed E-state index contributed by atoms with van der Waals surface area (Å²) in [6.07, 6.45) is 1.58. The second-order valence-corrected chi connectivity index (χ2v) is 4.24. The van der Waals surface area contributed by atoms with Crippen molar-refractivity contribution in [3.63, 3.8) is 0 Å². The van der Waals surface area contributed by atoms with Gasteiger partial charge in [-0.2, -0.15) is 4.98 Å². The molecular formula is C11H9Cl2N3O. The van der Waals surface area contributed by atoms with Gasteiger partial charge in [-0.3, -0.25) is 0 Å². The van der Waals surface area contributed by atoms with E-state index < -0.39 is 0 Å². The molecule has 1 heterocycles. The second-order valence-electron chi connectivity index (χ2n) is 3.39. The van der Waals surface area contributed by atoms with Crippen molar-refractivity contribution in [2.24, 2.45) is 0 Å². The van der Waals surface area contributed by atoms with E-state index in [0.29, 0.717) is 21.7 Å². The highest BCUT2D eigenvalue weighted by Crippen LogP contribution is 2.31. The van der Waals surface area contributed by atoms with Crippen molar-refractivity contribution in [2.45, 2.75) is 6.92 Å². The summed E-state index contributed by atoms with van der Waals surface area (Å²) >= 11 is 11.8. The molecule has 2 N–H and O–H groups in total. The normalized spacial score (nSPS) is 10.3. The van der Waals surface area contributed by atoms with Gasteiger partial charge in [0.2, 0.25) is 11.8 Å².